The van der Waals surface area contributed by atoms with Gasteiger partial charge in [0.1, 0.15) is 5.75 Å². The molecule has 3 rings (SSSR count). The van der Waals surface area contributed by atoms with Crippen LogP contribution < -0.4 is 4.74 Å². The predicted octanol–water partition coefficient (Wildman–Crippen LogP) is 2.70. The van der Waals surface area contributed by atoms with Crippen LogP contribution in [0.3, 0.4) is 0 Å². The molecule has 0 saturated heterocycles. The van der Waals surface area contributed by atoms with Crippen molar-refractivity contribution < 1.29 is 14.6 Å². The van der Waals surface area contributed by atoms with Gasteiger partial charge in [0.2, 0.25) is 5.60 Å². The lowest BCUT2D eigenvalue weighted by Gasteiger charge is -2.29. The topological polar surface area (TPSA) is 49.8 Å². The van der Waals surface area contributed by atoms with E-state index in [0.717, 1.165) is 24.1 Å². The van der Waals surface area contributed by atoms with E-state index in [-0.39, 0.29) is 5.92 Å². The van der Waals surface area contributed by atoms with E-state index < -0.39 is 11.6 Å². The van der Waals surface area contributed by atoms with Gasteiger partial charge in [-0.25, -0.2) is 4.79 Å². The maximum absolute atomic E-state index is 12.0. The van der Waals surface area contributed by atoms with E-state index in [1.165, 1.54) is 0 Å². The number of rotatable bonds is 2. The SMILES string of the molecule is CC=CC1(C(=O)O)Oc2ccc(Cl)c3c2C1CN(C)CC3. The van der Waals surface area contributed by atoms with Gasteiger partial charge in [-0.15, -0.1) is 0 Å². The second kappa shape index (κ2) is 5.04. The monoisotopic (exact) mass is 307 g/mol. The first-order valence-electron chi connectivity index (χ1n) is 7.05. The Bertz CT molecular complexity index is 628. The molecule has 0 bridgehead atoms. The number of hydrogen-bond donors (Lipinski definition) is 1. The molecule has 0 fully saturated rings. The number of halogens is 1. The standard InChI is InChI=1S/C16H18ClNO3/c1-3-7-16(15(19)20)11-9-18(2)8-6-10-12(17)4-5-13(21-16)14(10)11/h3-5,7,11H,6,8-9H2,1-2H3,(H,19,20). The largest absolute Gasteiger partial charge is 0.478 e. The summed E-state index contributed by atoms with van der Waals surface area (Å²) in [4.78, 5) is 14.1. The summed E-state index contributed by atoms with van der Waals surface area (Å²) in [6.07, 6.45) is 4.20. The minimum atomic E-state index is -1.34. The fourth-order valence-electron chi connectivity index (χ4n) is 3.40. The Hall–Kier alpha value is -1.52. The van der Waals surface area contributed by atoms with Crippen molar-refractivity contribution in [3.63, 3.8) is 0 Å². The molecule has 0 radical (unpaired) electrons. The predicted molar refractivity (Wildman–Crippen MR) is 81.2 cm³/mol. The number of benzene rings is 1. The molecule has 0 spiro atoms. The molecule has 112 valence electrons. The van der Waals surface area contributed by atoms with Crippen LogP contribution in [0.4, 0.5) is 0 Å². The average molecular weight is 308 g/mol. The van der Waals surface area contributed by atoms with E-state index in [1.54, 1.807) is 24.3 Å². The molecule has 1 aromatic rings. The lowest BCUT2D eigenvalue weighted by Crippen LogP contribution is -2.47. The Balaban J connectivity index is 2.24. The summed E-state index contributed by atoms with van der Waals surface area (Å²) in [6, 6.07) is 3.58. The molecule has 0 aliphatic carbocycles. The van der Waals surface area contributed by atoms with E-state index in [0.29, 0.717) is 17.3 Å². The molecular formula is C16H18ClNO3. The van der Waals surface area contributed by atoms with Crippen LogP contribution in [0, 0.1) is 0 Å². The summed E-state index contributed by atoms with van der Waals surface area (Å²) < 4.78 is 5.91. The van der Waals surface area contributed by atoms with Crippen molar-refractivity contribution in [1.29, 1.82) is 0 Å². The quantitative estimate of drug-likeness (QED) is 0.854. The number of carbonyl (C=O) groups is 1. The van der Waals surface area contributed by atoms with E-state index >= 15 is 0 Å². The van der Waals surface area contributed by atoms with Crippen LogP contribution in [0.15, 0.2) is 24.3 Å². The first-order valence-corrected chi connectivity index (χ1v) is 7.43. The first-order chi connectivity index (χ1) is 9.99. The summed E-state index contributed by atoms with van der Waals surface area (Å²) in [5.74, 6) is -0.559. The van der Waals surface area contributed by atoms with E-state index in [1.807, 2.05) is 14.0 Å². The van der Waals surface area contributed by atoms with Gasteiger partial charge in [0, 0.05) is 23.7 Å². The van der Waals surface area contributed by atoms with E-state index in [4.69, 9.17) is 16.3 Å². The van der Waals surface area contributed by atoms with Crippen LogP contribution in [0.5, 0.6) is 5.75 Å². The molecule has 4 nitrogen and oxygen atoms in total. The number of aliphatic carboxylic acids is 1. The number of allylic oxidation sites excluding steroid dienone is 1. The highest BCUT2D eigenvalue weighted by Gasteiger charge is 2.54. The maximum atomic E-state index is 12.0. The fraction of sp³-hybridized carbons (Fsp3) is 0.438. The normalized spacial score (nSPS) is 28.2. The number of carboxylic acids is 1. The third-order valence-electron chi connectivity index (χ3n) is 4.39. The van der Waals surface area contributed by atoms with Crippen LogP contribution >= 0.6 is 11.6 Å². The molecule has 21 heavy (non-hydrogen) atoms. The minimum absolute atomic E-state index is 0.248. The van der Waals surface area contributed by atoms with Crippen LogP contribution in [0.2, 0.25) is 5.02 Å². The van der Waals surface area contributed by atoms with Gasteiger partial charge in [0.15, 0.2) is 0 Å². The fourth-order valence-corrected chi connectivity index (χ4v) is 3.66. The highest BCUT2D eigenvalue weighted by atomic mass is 35.5. The molecule has 2 atom stereocenters. The van der Waals surface area contributed by atoms with Gasteiger partial charge >= 0.3 is 5.97 Å². The van der Waals surface area contributed by atoms with Gasteiger partial charge in [0.25, 0.3) is 0 Å². The highest BCUT2D eigenvalue weighted by molar-refractivity contribution is 6.31. The Morgan fingerprint density at radius 2 is 2.33 bits per heavy atom. The minimum Gasteiger partial charge on any atom is -0.478 e. The Labute approximate surface area is 129 Å². The average Bonchev–Trinajstić information content (AvgIpc) is 2.62. The molecule has 2 unspecified atom stereocenters. The summed E-state index contributed by atoms with van der Waals surface area (Å²) in [5, 5.41) is 10.5. The number of nitrogens with zero attached hydrogens (tertiary/aromatic N) is 1. The Kier molecular flexibility index (Phi) is 3.46. The van der Waals surface area contributed by atoms with Crippen LogP contribution in [0.25, 0.3) is 0 Å². The van der Waals surface area contributed by atoms with Gasteiger partial charge in [0.05, 0.1) is 5.92 Å². The molecule has 2 aliphatic rings. The van der Waals surface area contributed by atoms with Crippen LogP contribution in [-0.2, 0) is 11.2 Å². The van der Waals surface area contributed by atoms with Crippen LogP contribution in [0.1, 0.15) is 24.0 Å². The summed E-state index contributed by atoms with van der Waals surface area (Å²) in [7, 11) is 2.00. The number of ether oxygens (including phenoxy) is 1. The lowest BCUT2D eigenvalue weighted by atomic mass is 9.82. The summed E-state index contributed by atoms with van der Waals surface area (Å²) in [5.41, 5.74) is 0.651. The lowest BCUT2D eigenvalue weighted by molar-refractivity contribution is -0.151. The molecule has 5 heteroatoms. The molecular weight excluding hydrogens is 290 g/mol. The second-order valence-corrected chi connectivity index (χ2v) is 6.11. The number of carboxylic acid groups (broad SMARTS) is 1. The third kappa shape index (κ3) is 2.05. The van der Waals surface area contributed by atoms with Crippen molar-refractivity contribution in [2.24, 2.45) is 0 Å². The van der Waals surface area contributed by atoms with E-state index in [2.05, 4.69) is 4.90 Å². The van der Waals surface area contributed by atoms with E-state index in [9.17, 15) is 9.90 Å². The molecule has 2 heterocycles. The highest BCUT2D eigenvalue weighted by Crippen LogP contribution is 2.50. The molecule has 1 N–H and O–H groups in total. The molecule has 0 amide bonds. The summed E-state index contributed by atoms with van der Waals surface area (Å²) >= 11 is 6.34. The van der Waals surface area contributed by atoms with Crippen molar-refractivity contribution in [2.45, 2.75) is 24.9 Å². The first kappa shape index (κ1) is 14.4. The van der Waals surface area contributed by atoms with Gasteiger partial charge in [-0.3, -0.25) is 0 Å². The third-order valence-corrected chi connectivity index (χ3v) is 4.75. The molecule has 2 aliphatic heterocycles. The zero-order valence-electron chi connectivity index (χ0n) is 12.1. The van der Waals surface area contributed by atoms with Crippen molar-refractivity contribution in [2.75, 3.05) is 20.1 Å². The Morgan fingerprint density at radius 1 is 1.57 bits per heavy atom. The van der Waals surface area contributed by atoms with Gasteiger partial charge in [-0.2, -0.15) is 0 Å². The van der Waals surface area contributed by atoms with Crippen molar-refractivity contribution in [3.05, 3.63) is 40.4 Å². The Morgan fingerprint density at radius 3 is 3.00 bits per heavy atom. The number of likely N-dealkylation sites (N-methyl/N-ethyl adjacent to an activating group) is 1. The molecule has 0 aromatic heterocycles. The molecule has 1 aromatic carbocycles. The molecule has 0 saturated carbocycles. The smallest absolute Gasteiger partial charge is 0.352 e. The van der Waals surface area contributed by atoms with Crippen molar-refractivity contribution >= 4 is 17.6 Å². The number of hydrogen-bond acceptors (Lipinski definition) is 3. The van der Waals surface area contributed by atoms with Crippen molar-refractivity contribution in [1.82, 2.24) is 4.90 Å². The van der Waals surface area contributed by atoms with Gasteiger partial charge in [-0.05, 0) is 44.2 Å². The summed E-state index contributed by atoms with van der Waals surface area (Å²) in [6.45, 7) is 3.31. The van der Waals surface area contributed by atoms with Crippen molar-refractivity contribution in [3.8, 4) is 5.75 Å². The zero-order valence-corrected chi connectivity index (χ0v) is 12.9. The second-order valence-electron chi connectivity index (χ2n) is 5.70. The maximum Gasteiger partial charge on any atom is 0.352 e. The van der Waals surface area contributed by atoms with Gasteiger partial charge in [-0.1, -0.05) is 17.7 Å². The zero-order chi connectivity index (χ0) is 15.2. The van der Waals surface area contributed by atoms with Gasteiger partial charge < -0.3 is 14.7 Å². The van der Waals surface area contributed by atoms with Crippen LogP contribution in [-0.4, -0.2) is 41.7 Å².